The molecule has 0 aromatic heterocycles. The first-order valence-corrected chi connectivity index (χ1v) is 3.64. The van der Waals surface area contributed by atoms with Gasteiger partial charge in [-0.2, -0.15) is 0 Å². The number of hydrogen-bond acceptors (Lipinski definition) is 2. The van der Waals surface area contributed by atoms with E-state index in [1.54, 1.807) is 0 Å². The van der Waals surface area contributed by atoms with Crippen LogP contribution in [0.4, 0.5) is 0 Å². The van der Waals surface area contributed by atoms with Crippen LogP contribution < -0.4 is 10.6 Å². The van der Waals surface area contributed by atoms with E-state index in [9.17, 15) is 0 Å². The normalized spacial score (nSPS) is 32.0. The molecule has 9 heavy (non-hydrogen) atoms. The van der Waals surface area contributed by atoms with Gasteiger partial charge in [-0.1, -0.05) is 0 Å². The maximum Gasteiger partial charge on any atom is 0.0315 e. The molecular formula is C7H12N2. The van der Waals surface area contributed by atoms with Crippen molar-refractivity contribution >= 4 is 0 Å². The van der Waals surface area contributed by atoms with Crippen LogP contribution in [0.2, 0.25) is 0 Å². The number of rotatable bonds is 0. The molecule has 2 heteroatoms. The van der Waals surface area contributed by atoms with Crippen molar-refractivity contribution in [2.45, 2.75) is 12.8 Å². The van der Waals surface area contributed by atoms with Gasteiger partial charge in [-0.15, -0.1) is 0 Å². The number of fused-ring (bicyclic) bond motifs is 1. The quantitative estimate of drug-likeness (QED) is 0.489. The molecule has 0 saturated carbocycles. The summed E-state index contributed by atoms with van der Waals surface area (Å²) in [5.74, 6) is 0.804. The van der Waals surface area contributed by atoms with E-state index in [1.807, 2.05) is 0 Å². The lowest BCUT2D eigenvalue weighted by molar-refractivity contribution is 0.464. The Morgan fingerprint density at radius 3 is 3.44 bits per heavy atom. The molecule has 2 heterocycles. The van der Waals surface area contributed by atoms with Crippen molar-refractivity contribution in [2.75, 3.05) is 13.1 Å². The fraction of sp³-hybridized carbons (Fsp3) is 0.714. The van der Waals surface area contributed by atoms with E-state index in [0.29, 0.717) is 0 Å². The predicted octanol–water partition coefficient (Wildman–Crippen LogP) is 0.431. The maximum absolute atomic E-state index is 3.38. The van der Waals surface area contributed by atoms with Crippen LogP contribution in [-0.4, -0.2) is 13.1 Å². The van der Waals surface area contributed by atoms with Crippen molar-refractivity contribution in [2.24, 2.45) is 5.92 Å². The zero-order valence-electron chi connectivity index (χ0n) is 5.48. The third-order valence-corrected chi connectivity index (χ3v) is 2.12. The topological polar surface area (TPSA) is 24.1 Å². The lowest BCUT2D eigenvalue weighted by Gasteiger charge is -2.20. The highest BCUT2D eigenvalue weighted by molar-refractivity contribution is 5.11. The number of piperidine rings is 1. The van der Waals surface area contributed by atoms with E-state index in [-0.39, 0.29) is 0 Å². The molecule has 0 radical (unpaired) electrons. The zero-order valence-corrected chi connectivity index (χ0v) is 5.48. The van der Waals surface area contributed by atoms with Gasteiger partial charge >= 0.3 is 0 Å². The highest BCUT2D eigenvalue weighted by Gasteiger charge is 2.21. The van der Waals surface area contributed by atoms with Crippen LogP contribution in [-0.2, 0) is 0 Å². The molecule has 2 N–H and O–H groups in total. The lowest BCUT2D eigenvalue weighted by Crippen LogP contribution is -2.26. The maximum atomic E-state index is 3.38. The highest BCUT2D eigenvalue weighted by atomic mass is 15.0. The van der Waals surface area contributed by atoms with Crippen molar-refractivity contribution in [1.29, 1.82) is 0 Å². The van der Waals surface area contributed by atoms with Gasteiger partial charge in [0.05, 0.1) is 0 Å². The van der Waals surface area contributed by atoms with Crippen molar-refractivity contribution in [3.05, 3.63) is 11.9 Å². The minimum Gasteiger partial charge on any atom is -0.389 e. The summed E-state index contributed by atoms with van der Waals surface area (Å²) in [5, 5.41) is 6.62. The Labute approximate surface area is 55.3 Å². The Morgan fingerprint density at radius 1 is 1.56 bits per heavy atom. The molecule has 2 aliphatic rings. The van der Waals surface area contributed by atoms with E-state index >= 15 is 0 Å². The molecule has 0 aromatic carbocycles. The van der Waals surface area contributed by atoms with Gasteiger partial charge in [0, 0.05) is 30.9 Å². The molecule has 50 valence electrons. The minimum atomic E-state index is 0.804. The van der Waals surface area contributed by atoms with Crippen molar-refractivity contribution in [3.63, 3.8) is 0 Å². The number of hydrogen-bond donors (Lipinski definition) is 2. The van der Waals surface area contributed by atoms with Gasteiger partial charge in [0.2, 0.25) is 0 Å². The molecule has 0 aromatic rings. The molecular weight excluding hydrogens is 112 g/mol. The Kier molecular flexibility index (Phi) is 1.11. The van der Waals surface area contributed by atoms with Crippen molar-refractivity contribution in [1.82, 2.24) is 10.6 Å². The molecule has 0 bridgehead atoms. The van der Waals surface area contributed by atoms with E-state index in [1.165, 1.54) is 25.1 Å². The van der Waals surface area contributed by atoms with Crippen molar-refractivity contribution < 1.29 is 0 Å². The van der Waals surface area contributed by atoms with Crippen LogP contribution in [0, 0.1) is 5.92 Å². The Bertz CT molecular complexity index is 140. The summed E-state index contributed by atoms with van der Waals surface area (Å²) in [6, 6.07) is 0. The third-order valence-electron chi connectivity index (χ3n) is 2.12. The van der Waals surface area contributed by atoms with E-state index in [2.05, 4.69) is 16.8 Å². The summed E-state index contributed by atoms with van der Waals surface area (Å²) >= 11 is 0. The summed E-state index contributed by atoms with van der Waals surface area (Å²) < 4.78 is 0. The molecule has 0 spiro atoms. The molecule has 0 aliphatic carbocycles. The Balaban J connectivity index is 2.09. The fourth-order valence-electron chi connectivity index (χ4n) is 1.57. The minimum absolute atomic E-state index is 0.804. The first-order valence-electron chi connectivity index (χ1n) is 3.64. The molecule has 1 saturated heterocycles. The molecule has 2 nitrogen and oxygen atoms in total. The standard InChI is InChI=1S/C7H12N2/c1-2-6-4-8-5-7(6)9-3-1/h5-6,8-9H,1-4H2. The molecule has 2 rings (SSSR count). The molecule has 2 aliphatic heterocycles. The number of nitrogens with one attached hydrogen (secondary N) is 2. The van der Waals surface area contributed by atoms with Crippen LogP contribution in [0.15, 0.2) is 11.9 Å². The largest absolute Gasteiger partial charge is 0.389 e. The second-order valence-electron chi connectivity index (χ2n) is 2.77. The third kappa shape index (κ3) is 0.784. The zero-order chi connectivity index (χ0) is 6.10. The smallest absolute Gasteiger partial charge is 0.0315 e. The van der Waals surface area contributed by atoms with Gasteiger partial charge in [0.1, 0.15) is 0 Å². The summed E-state index contributed by atoms with van der Waals surface area (Å²) in [7, 11) is 0. The second-order valence-corrected chi connectivity index (χ2v) is 2.77. The molecule has 1 fully saturated rings. The van der Waals surface area contributed by atoms with Crippen LogP contribution in [0.3, 0.4) is 0 Å². The summed E-state index contributed by atoms with van der Waals surface area (Å²) in [6.45, 7) is 2.33. The van der Waals surface area contributed by atoms with Crippen LogP contribution in [0.5, 0.6) is 0 Å². The van der Waals surface area contributed by atoms with Crippen molar-refractivity contribution in [3.8, 4) is 0 Å². The summed E-state index contributed by atoms with van der Waals surface area (Å²) in [6.07, 6.45) is 4.82. The van der Waals surface area contributed by atoms with E-state index in [4.69, 9.17) is 0 Å². The molecule has 0 amide bonds. The highest BCUT2D eigenvalue weighted by Crippen LogP contribution is 2.21. The average Bonchev–Trinajstić information content (AvgIpc) is 2.33. The van der Waals surface area contributed by atoms with Gasteiger partial charge < -0.3 is 10.6 Å². The Morgan fingerprint density at radius 2 is 2.56 bits per heavy atom. The summed E-state index contributed by atoms with van der Waals surface area (Å²) in [4.78, 5) is 0. The Hall–Kier alpha value is -0.660. The van der Waals surface area contributed by atoms with Gasteiger partial charge in [0.25, 0.3) is 0 Å². The van der Waals surface area contributed by atoms with Crippen LogP contribution in [0.1, 0.15) is 12.8 Å². The van der Waals surface area contributed by atoms with Gasteiger partial charge in [-0.25, -0.2) is 0 Å². The van der Waals surface area contributed by atoms with Crippen LogP contribution >= 0.6 is 0 Å². The van der Waals surface area contributed by atoms with Crippen LogP contribution in [0.25, 0.3) is 0 Å². The molecule has 1 atom stereocenters. The predicted molar refractivity (Wildman–Crippen MR) is 36.8 cm³/mol. The van der Waals surface area contributed by atoms with Gasteiger partial charge in [-0.3, -0.25) is 0 Å². The SMILES string of the molecule is C1=C2NCCCC2CN1. The summed E-state index contributed by atoms with van der Waals surface area (Å²) in [5.41, 5.74) is 1.43. The van der Waals surface area contributed by atoms with Gasteiger partial charge in [0.15, 0.2) is 0 Å². The van der Waals surface area contributed by atoms with E-state index in [0.717, 1.165) is 12.5 Å². The fourth-order valence-corrected chi connectivity index (χ4v) is 1.57. The average molecular weight is 124 g/mol. The first kappa shape index (κ1) is 5.15. The monoisotopic (exact) mass is 124 g/mol. The molecule has 1 unspecified atom stereocenters. The first-order chi connectivity index (χ1) is 4.47. The van der Waals surface area contributed by atoms with E-state index < -0.39 is 0 Å². The van der Waals surface area contributed by atoms with Gasteiger partial charge in [-0.05, 0) is 12.8 Å². The lowest BCUT2D eigenvalue weighted by atomic mass is 9.98. The second kappa shape index (κ2) is 1.94.